The van der Waals surface area contributed by atoms with Gasteiger partial charge in [-0.2, -0.15) is 5.10 Å². The van der Waals surface area contributed by atoms with Gasteiger partial charge in [0, 0.05) is 19.2 Å². The standard InChI is InChI=1S/C13H22BrN3O/c1-2-7-17-13(11(14)9-16-17)12(15)6-5-10-4-3-8-18-10/h9-10,12H,2-8,15H2,1H3. The van der Waals surface area contributed by atoms with Gasteiger partial charge in [-0.3, -0.25) is 4.68 Å². The Morgan fingerprint density at radius 3 is 3.17 bits per heavy atom. The van der Waals surface area contributed by atoms with Crippen LogP contribution in [0.2, 0.25) is 0 Å². The Kier molecular flexibility index (Phi) is 5.21. The van der Waals surface area contributed by atoms with Crippen LogP contribution in [0.1, 0.15) is 50.8 Å². The molecule has 0 saturated carbocycles. The summed E-state index contributed by atoms with van der Waals surface area (Å²) in [6, 6.07) is 0.0395. The van der Waals surface area contributed by atoms with Gasteiger partial charge >= 0.3 is 0 Å². The van der Waals surface area contributed by atoms with E-state index >= 15 is 0 Å². The van der Waals surface area contributed by atoms with Gasteiger partial charge in [0.25, 0.3) is 0 Å². The molecule has 1 aliphatic heterocycles. The first-order valence-corrected chi connectivity index (χ1v) is 7.60. The predicted octanol–water partition coefficient (Wildman–Crippen LogP) is 3.01. The molecule has 0 amide bonds. The van der Waals surface area contributed by atoms with Crippen LogP contribution in [-0.4, -0.2) is 22.5 Å². The van der Waals surface area contributed by atoms with Crippen LogP contribution in [0.25, 0.3) is 0 Å². The highest BCUT2D eigenvalue weighted by Crippen LogP contribution is 2.27. The van der Waals surface area contributed by atoms with Gasteiger partial charge in [0.1, 0.15) is 0 Å². The number of hydrogen-bond acceptors (Lipinski definition) is 3. The van der Waals surface area contributed by atoms with E-state index in [2.05, 4.69) is 28.0 Å². The minimum absolute atomic E-state index is 0.0395. The Labute approximate surface area is 117 Å². The Morgan fingerprint density at radius 1 is 1.67 bits per heavy atom. The average molecular weight is 316 g/mol. The SMILES string of the molecule is CCCn1ncc(Br)c1C(N)CCC1CCCO1. The van der Waals surface area contributed by atoms with Gasteiger partial charge in [0.15, 0.2) is 0 Å². The van der Waals surface area contributed by atoms with E-state index in [-0.39, 0.29) is 6.04 Å². The molecule has 2 heterocycles. The fourth-order valence-electron chi connectivity index (χ4n) is 2.50. The molecule has 2 unspecified atom stereocenters. The lowest BCUT2D eigenvalue weighted by Crippen LogP contribution is -2.19. The van der Waals surface area contributed by atoms with Gasteiger partial charge in [-0.05, 0) is 48.0 Å². The third kappa shape index (κ3) is 3.33. The molecule has 1 aromatic heterocycles. The summed E-state index contributed by atoms with van der Waals surface area (Å²) in [6.07, 6.45) is 7.71. The zero-order valence-electron chi connectivity index (χ0n) is 10.9. The van der Waals surface area contributed by atoms with E-state index in [0.717, 1.165) is 42.6 Å². The number of aryl methyl sites for hydroxylation is 1. The molecule has 0 aliphatic carbocycles. The number of rotatable bonds is 6. The maximum Gasteiger partial charge on any atom is 0.0693 e. The Morgan fingerprint density at radius 2 is 2.50 bits per heavy atom. The first kappa shape index (κ1) is 14.0. The molecule has 1 fully saturated rings. The van der Waals surface area contributed by atoms with E-state index in [1.807, 2.05) is 10.9 Å². The van der Waals surface area contributed by atoms with Gasteiger partial charge in [0.2, 0.25) is 0 Å². The van der Waals surface area contributed by atoms with Crippen molar-refractivity contribution in [3.8, 4) is 0 Å². The Hall–Kier alpha value is -0.390. The van der Waals surface area contributed by atoms with Crippen LogP contribution in [0, 0.1) is 0 Å². The molecule has 0 radical (unpaired) electrons. The number of nitrogens with zero attached hydrogens (tertiary/aromatic N) is 2. The van der Waals surface area contributed by atoms with Crippen LogP contribution in [0.15, 0.2) is 10.7 Å². The van der Waals surface area contributed by atoms with E-state index < -0.39 is 0 Å². The zero-order chi connectivity index (χ0) is 13.0. The Bertz CT molecular complexity index is 374. The minimum atomic E-state index is 0.0395. The molecular weight excluding hydrogens is 294 g/mol. The predicted molar refractivity (Wildman–Crippen MR) is 75.4 cm³/mol. The highest BCUT2D eigenvalue weighted by molar-refractivity contribution is 9.10. The molecule has 18 heavy (non-hydrogen) atoms. The lowest BCUT2D eigenvalue weighted by Gasteiger charge is -2.17. The first-order chi connectivity index (χ1) is 8.72. The molecule has 2 N–H and O–H groups in total. The maximum absolute atomic E-state index is 6.30. The van der Waals surface area contributed by atoms with Crippen LogP contribution in [0.3, 0.4) is 0 Å². The van der Waals surface area contributed by atoms with Gasteiger partial charge in [-0.15, -0.1) is 0 Å². The highest BCUT2D eigenvalue weighted by atomic mass is 79.9. The van der Waals surface area contributed by atoms with Crippen molar-refractivity contribution < 1.29 is 4.74 Å². The molecule has 0 spiro atoms. The molecule has 2 rings (SSSR count). The molecule has 1 saturated heterocycles. The highest BCUT2D eigenvalue weighted by Gasteiger charge is 2.20. The van der Waals surface area contributed by atoms with Crippen molar-refractivity contribution in [1.82, 2.24) is 9.78 Å². The summed E-state index contributed by atoms with van der Waals surface area (Å²) in [7, 11) is 0. The van der Waals surface area contributed by atoms with Crippen LogP contribution >= 0.6 is 15.9 Å². The molecule has 2 atom stereocenters. The van der Waals surface area contributed by atoms with E-state index in [0.29, 0.717) is 6.10 Å². The number of aromatic nitrogens is 2. The van der Waals surface area contributed by atoms with E-state index in [9.17, 15) is 0 Å². The normalized spacial score (nSPS) is 21.4. The monoisotopic (exact) mass is 315 g/mol. The number of ether oxygens (including phenoxy) is 1. The summed E-state index contributed by atoms with van der Waals surface area (Å²) in [4.78, 5) is 0. The summed E-state index contributed by atoms with van der Waals surface area (Å²) in [6.45, 7) is 3.99. The number of nitrogens with two attached hydrogens (primary N) is 1. The second kappa shape index (κ2) is 6.68. The van der Waals surface area contributed by atoms with Gasteiger partial charge < -0.3 is 10.5 Å². The van der Waals surface area contributed by atoms with E-state index in [1.54, 1.807) is 0 Å². The summed E-state index contributed by atoms with van der Waals surface area (Å²) < 4.78 is 8.68. The maximum atomic E-state index is 6.30. The zero-order valence-corrected chi connectivity index (χ0v) is 12.5. The summed E-state index contributed by atoms with van der Waals surface area (Å²) >= 11 is 3.55. The summed E-state index contributed by atoms with van der Waals surface area (Å²) in [5.74, 6) is 0. The molecular formula is C13H22BrN3O. The van der Waals surface area contributed by atoms with Crippen LogP contribution < -0.4 is 5.73 Å². The summed E-state index contributed by atoms with van der Waals surface area (Å²) in [5.41, 5.74) is 7.42. The van der Waals surface area contributed by atoms with Crippen molar-refractivity contribution in [2.24, 2.45) is 5.73 Å². The van der Waals surface area contributed by atoms with Gasteiger partial charge in [-0.25, -0.2) is 0 Å². The lowest BCUT2D eigenvalue weighted by atomic mass is 10.0. The molecule has 0 aromatic carbocycles. The second-order valence-electron chi connectivity index (χ2n) is 4.92. The fraction of sp³-hybridized carbons (Fsp3) is 0.769. The van der Waals surface area contributed by atoms with Crippen molar-refractivity contribution in [3.05, 3.63) is 16.4 Å². The van der Waals surface area contributed by atoms with Gasteiger partial charge in [-0.1, -0.05) is 6.92 Å². The smallest absolute Gasteiger partial charge is 0.0693 e. The fourth-order valence-corrected chi connectivity index (χ4v) is 3.09. The van der Waals surface area contributed by atoms with Crippen molar-refractivity contribution in [2.75, 3.05) is 6.61 Å². The second-order valence-corrected chi connectivity index (χ2v) is 5.77. The van der Waals surface area contributed by atoms with E-state index in [1.165, 1.54) is 12.8 Å². The van der Waals surface area contributed by atoms with E-state index in [4.69, 9.17) is 10.5 Å². The van der Waals surface area contributed by atoms with Crippen LogP contribution in [-0.2, 0) is 11.3 Å². The quantitative estimate of drug-likeness (QED) is 0.878. The average Bonchev–Trinajstić information content (AvgIpc) is 2.97. The number of halogens is 1. The van der Waals surface area contributed by atoms with Gasteiger partial charge in [0.05, 0.1) is 22.5 Å². The molecule has 4 nitrogen and oxygen atoms in total. The first-order valence-electron chi connectivity index (χ1n) is 6.80. The lowest BCUT2D eigenvalue weighted by molar-refractivity contribution is 0.100. The minimum Gasteiger partial charge on any atom is -0.378 e. The van der Waals surface area contributed by atoms with Crippen LogP contribution in [0.4, 0.5) is 0 Å². The summed E-state index contributed by atoms with van der Waals surface area (Å²) in [5, 5.41) is 4.36. The largest absolute Gasteiger partial charge is 0.378 e. The van der Waals surface area contributed by atoms with Crippen LogP contribution in [0.5, 0.6) is 0 Å². The van der Waals surface area contributed by atoms with Crippen molar-refractivity contribution in [3.63, 3.8) is 0 Å². The van der Waals surface area contributed by atoms with Crippen molar-refractivity contribution in [2.45, 2.75) is 57.7 Å². The Balaban J connectivity index is 1.94. The third-order valence-electron chi connectivity index (χ3n) is 3.44. The molecule has 0 bridgehead atoms. The molecule has 1 aromatic rings. The topological polar surface area (TPSA) is 53.1 Å². The third-order valence-corrected chi connectivity index (χ3v) is 4.05. The van der Waals surface area contributed by atoms with Crippen molar-refractivity contribution >= 4 is 15.9 Å². The molecule has 5 heteroatoms. The molecule has 102 valence electrons. The molecule has 1 aliphatic rings. The van der Waals surface area contributed by atoms with Crippen molar-refractivity contribution in [1.29, 1.82) is 0 Å². The number of hydrogen-bond donors (Lipinski definition) is 1.